The first kappa shape index (κ1) is 19.5. The zero-order chi connectivity index (χ0) is 18.9. The number of aromatic nitrogens is 3. The van der Waals surface area contributed by atoms with Crippen molar-refractivity contribution in [1.29, 1.82) is 0 Å². The third kappa shape index (κ3) is 5.62. The number of nitrogens with zero attached hydrogens (tertiary/aromatic N) is 2. The topological polar surface area (TPSA) is 117 Å². The molecule has 0 saturated heterocycles. The molecule has 1 N–H and O–H groups in total. The molecule has 0 unspecified atom stereocenters. The summed E-state index contributed by atoms with van der Waals surface area (Å²) in [5, 5.41) is 18.4. The van der Waals surface area contributed by atoms with E-state index in [9.17, 15) is 14.7 Å². The lowest BCUT2D eigenvalue weighted by atomic mass is 10.2. The van der Waals surface area contributed by atoms with Gasteiger partial charge >= 0.3 is 5.97 Å². The van der Waals surface area contributed by atoms with Gasteiger partial charge in [-0.15, -0.1) is 5.10 Å². The van der Waals surface area contributed by atoms with Crippen LogP contribution in [-0.4, -0.2) is 40.3 Å². The number of hydrogen-bond acceptors (Lipinski definition) is 8. The van der Waals surface area contributed by atoms with Gasteiger partial charge in [-0.3, -0.25) is 5.10 Å². The van der Waals surface area contributed by atoms with Crippen molar-refractivity contribution in [2.75, 3.05) is 13.2 Å². The van der Waals surface area contributed by atoms with Crippen LogP contribution < -0.4 is 9.84 Å². The number of benzene rings is 1. The van der Waals surface area contributed by atoms with E-state index >= 15 is 0 Å². The van der Waals surface area contributed by atoms with Crippen LogP contribution in [0.2, 0.25) is 0 Å². The summed E-state index contributed by atoms with van der Waals surface area (Å²) in [4.78, 5) is 27.0. The first-order chi connectivity index (χ1) is 12.5. The average molecular weight is 376 g/mol. The second kappa shape index (κ2) is 9.62. The molecule has 26 heavy (non-hydrogen) atoms. The fraction of sp³-hybridized carbons (Fsp3) is 0.294. The zero-order valence-electron chi connectivity index (χ0n) is 14.4. The molecule has 1 aromatic carbocycles. The van der Waals surface area contributed by atoms with E-state index in [1.807, 2.05) is 6.92 Å². The fourth-order valence-corrected chi connectivity index (χ4v) is 2.63. The standard InChI is InChI=1S/C17H19N3O5S/c1-3-14-18-17(20-19-14)26-13(16(22)23)9-11-7-5-6-8-12(11)25-10-15(21)24-4-2/h5-9H,3-4,10H2,1-2H3,(H,22,23)(H,18,19,20)/p-1/b13-9-. The molecule has 9 heteroatoms. The Hall–Kier alpha value is -2.81. The predicted molar refractivity (Wildman–Crippen MR) is 93.2 cm³/mol. The number of thioether (sulfide) groups is 1. The summed E-state index contributed by atoms with van der Waals surface area (Å²) in [5.41, 5.74) is 0.481. The Morgan fingerprint density at radius 2 is 2.08 bits per heavy atom. The molecule has 0 fully saturated rings. The first-order valence-electron chi connectivity index (χ1n) is 7.93. The Bertz CT molecular complexity index is 803. The van der Waals surface area contributed by atoms with Crippen LogP contribution >= 0.6 is 11.8 Å². The number of carbonyl (C=O) groups is 2. The smallest absolute Gasteiger partial charge is 0.344 e. The van der Waals surface area contributed by atoms with Gasteiger partial charge in [0, 0.05) is 16.9 Å². The van der Waals surface area contributed by atoms with E-state index in [4.69, 9.17) is 9.47 Å². The van der Waals surface area contributed by atoms with Crippen molar-refractivity contribution < 1.29 is 24.2 Å². The lowest BCUT2D eigenvalue weighted by Crippen LogP contribution is -2.23. The van der Waals surface area contributed by atoms with Crippen molar-refractivity contribution in [3.8, 4) is 5.75 Å². The van der Waals surface area contributed by atoms with Crippen molar-refractivity contribution in [2.45, 2.75) is 25.4 Å². The third-order valence-electron chi connectivity index (χ3n) is 3.10. The lowest BCUT2D eigenvalue weighted by molar-refractivity contribution is -0.298. The van der Waals surface area contributed by atoms with E-state index in [0.29, 0.717) is 23.6 Å². The number of hydrogen-bond donors (Lipinski definition) is 1. The normalized spacial score (nSPS) is 11.2. The number of H-pyrrole nitrogens is 1. The molecule has 0 saturated carbocycles. The van der Waals surface area contributed by atoms with Crippen LogP contribution in [0.4, 0.5) is 0 Å². The van der Waals surface area contributed by atoms with Crippen LogP contribution in [0.25, 0.3) is 6.08 Å². The number of aliphatic carboxylic acids is 1. The van der Waals surface area contributed by atoms with Crippen molar-refractivity contribution in [1.82, 2.24) is 15.2 Å². The van der Waals surface area contributed by atoms with Gasteiger partial charge in [-0.1, -0.05) is 25.1 Å². The zero-order valence-corrected chi connectivity index (χ0v) is 15.2. The van der Waals surface area contributed by atoms with Crippen molar-refractivity contribution in [3.05, 3.63) is 40.6 Å². The summed E-state index contributed by atoms with van der Waals surface area (Å²) >= 11 is 0.867. The SMILES string of the molecule is CCOC(=O)COc1ccccc1/C=C(\Sc1n[nH]c(CC)n1)C(=O)[O-]. The molecule has 0 aliphatic carbocycles. The largest absolute Gasteiger partial charge is 0.544 e. The van der Waals surface area contributed by atoms with E-state index in [1.54, 1.807) is 31.2 Å². The molecule has 0 atom stereocenters. The van der Waals surface area contributed by atoms with E-state index in [1.165, 1.54) is 6.08 Å². The number of nitrogens with one attached hydrogen (secondary N) is 1. The first-order valence-corrected chi connectivity index (χ1v) is 8.74. The highest BCUT2D eigenvalue weighted by Crippen LogP contribution is 2.28. The molecule has 0 aliphatic heterocycles. The van der Waals surface area contributed by atoms with Gasteiger partial charge < -0.3 is 19.4 Å². The molecule has 0 amide bonds. The molecule has 1 heterocycles. The van der Waals surface area contributed by atoms with Gasteiger partial charge in [0.25, 0.3) is 0 Å². The van der Waals surface area contributed by atoms with Crippen LogP contribution in [0.1, 0.15) is 25.2 Å². The highest BCUT2D eigenvalue weighted by Gasteiger charge is 2.11. The van der Waals surface area contributed by atoms with Gasteiger partial charge in [0.1, 0.15) is 11.6 Å². The Morgan fingerprint density at radius 3 is 2.73 bits per heavy atom. The van der Waals surface area contributed by atoms with Gasteiger partial charge in [-0.25, -0.2) is 9.78 Å². The maximum Gasteiger partial charge on any atom is 0.344 e. The molecule has 138 valence electrons. The molecule has 0 bridgehead atoms. The maximum absolute atomic E-state index is 11.5. The molecule has 1 aromatic heterocycles. The molecular formula is C17H18N3O5S-. The summed E-state index contributed by atoms with van der Waals surface area (Å²) in [6, 6.07) is 6.74. The van der Waals surface area contributed by atoms with E-state index in [0.717, 1.165) is 11.8 Å². The van der Waals surface area contributed by atoms with Gasteiger partial charge in [-0.2, -0.15) is 0 Å². The third-order valence-corrected chi connectivity index (χ3v) is 3.97. The van der Waals surface area contributed by atoms with Gasteiger partial charge in [0.2, 0.25) is 5.16 Å². The molecule has 0 spiro atoms. The summed E-state index contributed by atoms with van der Waals surface area (Å²) in [5.74, 6) is -0.862. The molecule has 0 aliphatic rings. The van der Waals surface area contributed by atoms with Crippen LogP contribution in [0, 0.1) is 0 Å². The van der Waals surface area contributed by atoms with Crippen molar-refractivity contribution in [3.63, 3.8) is 0 Å². The number of ether oxygens (including phenoxy) is 2. The minimum Gasteiger partial charge on any atom is -0.544 e. The number of rotatable bonds is 9. The van der Waals surface area contributed by atoms with Crippen LogP contribution in [0.5, 0.6) is 5.75 Å². The Morgan fingerprint density at radius 1 is 1.31 bits per heavy atom. The highest BCUT2D eigenvalue weighted by molar-refractivity contribution is 8.04. The second-order valence-corrected chi connectivity index (χ2v) is 5.96. The van der Waals surface area contributed by atoms with Gasteiger partial charge in [0.05, 0.1) is 12.6 Å². The Labute approximate surface area is 154 Å². The number of carboxylic acids is 1. The molecular weight excluding hydrogens is 358 g/mol. The van der Waals surface area contributed by atoms with E-state index in [2.05, 4.69) is 15.2 Å². The van der Waals surface area contributed by atoms with Crippen molar-refractivity contribution >= 4 is 29.8 Å². The summed E-state index contributed by atoms with van der Waals surface area (Å²) < 4.78 is 10.2. The van der Waals surface area contributed by atoms with E-state index in [-0.39, 0.29) is 23.3 Å². The summed E-state index contributed by atoms with van der Waals surface area (Å²) in [6.07, 6.45) is 2.05. The molecule has 8 nitrogen and oxygen atoms in total. The fourth-order valence-electron chi connectivity index (χ4n) is 1.92. The molecule has 0 radical (unpaired) electrons. The number of para-hydroxylation sites is 1. The number of carboxylic acid groups (broad SMARTS) is 1. The lowest BCUT2D eigenvalue weighted by Gasteiger charge is -2.11. The van der Waals surface area contributed by atoms with Crippen LogP contribution in [0.3, 0.4) is 0 Å². The molecule has 2 aromatic rings. The maximum atomic E-state index is 11.5. The minimum absolute atomic E-state index is 0.0844. The monoisotopic (exact) mass is 376 g/mol. The van der Waals surface area contributed by atoms with Crippen LogP contribution in [0.15, 0.2) is 34.3 Å². The number of aromatic amines is 1. The highest BCUT2D eigenvalue weighted by atomic mass is 32.2. The second-order valence-electron chi connectivity index (χ2n) is 4.95. The average Bonchev–Trinajstić information content (AvgIpc) is 3.08. The Kier molecular flexibility index (Phi) is 7.22. The van der Waals surface area contributed by atoms with Gasteiger partial charge in [-0.05, 0) is 30.8 Å². The molecule has 2 rings (SSSR count). The minimum atomic E-state index is -1.36. The summed E-state index contributed by atoms with van der Waals surface area (Å²) in [7, 11) is 0. The van der Waals surface area contributed by atoms with E-state index < -0.39 is 11.9 Å². The number of esters is 1. The number of aryl methyl sites for hydroxylation is 1. The Balaban J connectivity index is 2.20. The summed E-state index contributed by atoms with van der Waals surface area (Å²) in [6.45, 7) is 3.59. The van der Waals surface area contributed by atoms with Gasteiger partial charge in [0.15, 0.2) is 6.61 Å². The van der Waals surface area contributed by atoms with Crippen LogP contribution in [-0.2, 0) is 20.7 Å². The number of carbonyl (C=O) groups excluding carboxylic acids is 2. The quantitative estimate of drug-likeness (QED) is 0.394. The van der Waals surface area contributed by atoms with Crippen molar-refractivity contribution in [2.24, 2.45) is 0 Å². The predicted octanol–water partition coefficient (Wildman–Crippen LogP) is 1.19.